The summed E-state index contributed by atoms with van der Waals surface area (Å²) in [6.45, 7) is 2.58. The normalized spacial score (nSPS) is 17.0. The van der Waals surface area contributed by atoms with Crippen molar-refractivity contribution in [3.8, 4) is 0 Å². The Morgan fingerprint density at radius 3 is 2.42 bits per heavy atom. The van der Waals surface area contributed by atoms with Crippen LogP contribution >= 0.6 is 0 Å². The Balaban J connectivity index is 1.09. The molecule has 2 amide bonds. The number of nitrogens with one attached hydrogen (secondary N) is 1. The molecular formula is C38H38N6O4. The topological polar surface area (TPSA) is 147 Å². The minimum atomic E-state index is -1.73. The quantitative estimate of drug-likeness (QED) is 0.107. The zero-order chi connectivity index (χ0) is 33.7. The molecule has 3 atom stereocenters. The van der Waals surface area contributed by atoms with Crippen LogP contribution in [0.1, 0.15) is 52.0 Å². The number of amides is 2. The predicted octanol–water partition coefficient (Wildman–Crippen LogP) is 5.25. The van der Waals surface area contributed by atoms with Gasteiger partial charge in [-0.3, -0.25) is 14.3 Å². The van der Waals surface area contributed by atoms with E-state index in [1.807, 2.05) is 85.9 Å². The fourth-order valence-corrected chi connectivity index (χ4v) is 6.06. The highest BCUT2D eigenvalue weighted by Gasteiger charge is 2.52. The molecule has 244 valence electrons. The maximum Gasteiger partial charge on any atom is 0.264 e. The molecule has 5 aromatic rings. The van der Waals surface area contributed by atoms with E-state index in [4.69, 9.17) is 5.73 Å². The largest absolute Gasteiger partial charge is 0.399 e. The number of benzene rings is 4. The third kappa shape index (κ3) is 6.62. The van der Waals surface area contributed by atoms with Gasteiger partial charge < -0.3 is 26.2 Å². The Bertz CT molecular complexity index is 1910. The zero-order valence-electron chi connectivity index (χ0n) is 26.6. The van der Waals surface area contributed by atoms with Crippen LogP contribution in [0.4, 0.5) is 17.1 Å². The van der Waals surface area contributed by atoms with E-state index in [0.717, 1.165) is 11.1 Å². The van der Waals surface area contributed by atoms with Crippen molar-refractivity contribution in [3.05, 3.63) is 149 Å². The summed E-state index contributed by atoms with van der Waals surface area (Å²) in [6.07, 6.45) is 6.27. The number of hydrogen-bond donors (Lipinski definition) is 4. The number of nitrogens with zero attached hydrogens (tertiary/aromatic N) is 4. The standard InChI is InChI=1S/C38H38N6O4/c1-26(9-7-8-22-43-24-34(41-42-43)32(25-45)28-10-3-2-4-11-28)38(48)33-12-5-6-13-35(33)44(37(38)47)23-27-14-20-31(21-15-27)40-36(46)29-16-18-30(39)19-17-29/h2-7,9-21,24,26,32,45,48H,8,22-23,25,39H2,1H3,(H,40,46)/b9-7+/t26-,32?,38+/m0/s1. The third-order valence-electron chi connectivity index (χ3n) is 8.81. The lowest BCUT2D eigenvalue weighted by atomic mass is 9.83. The fraction of sp³-hybridized carbons (Fsp3) is 0.211. The Kier molecular flexibility index (Phi) is 9.47. The average Bonchev–Trinajstić information content (AvgIpc) is 3.66. The molecule has 10 nitrogen and oxygen atoms in total. The molecule has 0 bridgehead atoms. The van der Waals surface area contributed by atoms with E-state index in [1.165, 1.54) is 0 Å². The molecule has 6 rings (SSSR count). The van der Waals surface area contributed by atoms with E-state index >= 15 is 0 Å². The van der Waals surface area contributed by atoms with Crippen LogP contribution in [-0.4, -0.2) is 43.6 Å². The van der Waals surface area contributed by atoms with Gasteiger partial charge in [0, 0.05) is 41.2 Å². The fourth-order valence-electron chi connectivity index (χ4n) is 6.06. The van der Waals surface area contributed by atoms with Gasteiger partial charge in [0.25, 0.3) is 11.8 Å². The van der Waals surface area contributed by atoms with Crippen LogP contribution in [0.15, 0.2) is 121 Å². The highest BCUT2D eigenvalue weighted by Crippen LogP contribution is 2.45. The number of nitrogens with two attached hydrogens (primary N) is 1. The minimum Gasteiger partial charge on any atom is -0.399 e. The van der Waals surface area contributed by atoms with Gasteiger partial charge in [0.2, 0.25) is 0 Å². The molecular weight excluding hydrogens is 604 g/mol. The highest BCUT2D eigenvalue weighted by atomic mass is 16.3. The molecule has 0 spiro atoms. The van der Waals surface area contributed by atoms with Crippen molar-refractivity contribution in [2.75, 3.05) is 22.6 Å². The maximum absolute atomic E-state index is 13.9. The third-order valence-corrected chi connectivity index (χ3v) is 8.81. The summed E-state index contributed by atoms with van der Waals surface area (Å²) in [5, 5.41) is 33.3. The Labute approximate surface area is 279 Å². The molecule has 10 heteroatoms. The van der Waals surface area contributed by atoms with Crippen molar-refractivity contribution >= 4 is 28.9 Å². The summed E-state index contributed by atoms with van der Waals surface area (Å²) >= 11 is 0. The zero-order valence-corrected chi connectivity index (χ0v) is 26.6. The van der Waals surface area contributed by atoms with Gasteiger partial charge in [-0.1, -0.05) is 85.0 Å². The molecule has 0 saturated heterocycles. The lowest BCUT2D eigenvalue weighted by Gasteiger charge is -2.27. The molecule has 2 heterocycles. The molecule has 48 heavy (non-hydrogen) atoms. The first-order valence-corrected chi connectivity index (χ1v) is 15.9. The second kappa shape index (κ2) is 14.0. The van der Waals surface area contributed by atoms with E-state index < -0.39 is 17.4 Å². The molecule has 1 aliphatic rings. The maximum atomic E-state index is 13.9. The Morgan fingerprint density at radius 1 is 0.979 bits per heavy atom. The van der Waals surface area contributed by atoms with Crippen LogP contribution < -0.4 is 16.0 Å². The Morgan fingerprint density at radius 2 is 1.69 bits per heavy atom. The van der Waals surface area contributed by atoms with Crippen LogP contribution in [0.5, 0.6) is 0 Å². The minimum absolute atomic E-state index is 0.0694. The van der Waals surface area contributed by atoms with Crippen molar-refractivity contribution in [1.82, 2.24) is 15.0 Å². The number of anilines is 3. The van der Waals surface area contributed by atoms with Crippen molar-refractivity contribution in [2.24, 2.45) is 5.92 Å². The summed E-state index contributed by atoms with van der Waals surface area (Å²) in [6, 6.07) is 31.0. The molecule has 0 radical (unpaired) electrons. The first kappa shape index (κ1) is 32.4. The summed E-state index contributed by atoms with van der Waals surface area (Å²) in [5.74, 6) is -1.40. The lowest BCUT2D eigenvalue weighted by Crippen LogP contribution is -2.44. The Hall–Kier alpha value is -5.58. The van der Waals surface area contributed by atoms with Crippen LogP contribution in [0.3, 0.4) is 0 Å². The van der Waals surface area contributed by atoms with Crippen LogP contribution in [0, 0.1) is 5.92 Å². The SMILES string of the molecule is C[C@@H](/C=C/CCn1cc(C(CO)c2ccccc2)nn1)[C@]1(O)C(=O)N(Cc2ccc(NC(=O)c3ccc(N)cc3)cc2)c2ccccc21. The van der Waals surface area contributed by atoms with Gasteiger partial charge in [0.05, 0.1) is 30.5 Å². The van der Waals surface area contributed by atoms with Crippen LogP contribution in [0.25, 0.3) is 0 Å². The van der Waals surface area contributed by atoms with E-state index in [2.05, 4.69) is 15.6 Å². The summed E-state index contributed by atoms with van der Waals surface area (Å²) in [5.41, 5.74) is 9.44. The van der Waals surface area contributed by atoms with Gasteiger partial charge in [0.15, 0.2) is 5.60 Å². The number of aromatic nitrogens is 3. The number of allylic oxidation sites excluding steroid dienone is 1. The number of fused-ring (bicyclic) bond motifs is 1. The number of aryl methyl sites for hydroxylation is 1. The number of aliphatic hydroxyl groups is 2. The van der Waals surface area contributed by atoms with Crippen molar-refractivity contribution in [3.63, 3.8) is 0 Å². The summed E-state index contributed by atoms with van der Waals surface area (Å²) in [4.78, 5) is 28.1. The van der Waals surface area contributed by atoms with E-state index in [1.54, 1.807) is 52.0 Å². The molecule has 4 aromatic carbocycles. The van der Waals surface area contributed by atoms with Gasteiger partial charge in [-0.2, -0.15) is 0 Å². The second-order valence-corrected chi connectivity index (χ2v) is 12.0. The number of para-hydroxylation sites is 1. The molecule has 0 saturated carbocycles. The number of nitrogen functional groups attached to an aromatic ring is 1. The molecule has 1 aliphatic heterocycles. The summed E-state index contributed by atoms with van der Waals surface area (Å²) in [7, 11) is 0. The van der Waals surface area contributed by atoms with E-state index in [0.29, 0.717) is 46.8 Å². The average molecular weight is 643 g/mol. The van der Waals surface area contributed by atoms with Crippen molar-refractivity contribution < 1.29 is 19.8 Å². The number of rotatable bonds is 12. The molecule has 0 aliphatic carbocycles. The molecule has 1 unspecified atom stereocenters. The van der Waals surface area contributed by atoms with Crippen LogP contribution in [0.2, 0.25) is 0 Å². The van der Waals surface area contributed by atoms with Gasteiger partial charge in [-0.05, 0) is 60.0 Å². The van der Waals surface area contributed by atoms with Gasteiger partial charge in [-0.15, -0.1) is 5.10 Å². The number of carbonyl (C=O) groups is 2. The smallest absolute Gasteiger partial charge is 0.264 e. The number of carbonyl (C=O) groups excluding carboxylic acids is 2. The second-order valence-electron chi connectivity index (χ2n) is 12.0. The number of hydrogen-bond acceptors (Lipinski definition) is 7. The number of aliphatic hydroxyl groups excluding tert-OH is 1. The molecule has 5 N–H and O–H groups in total. The van der Waals surface area contributed by atoms with Crippen molar-refractivity contribution in [1.29, 1.82) is 0 Å². The van der Waals surface area contributed by atoms with Gasteiger partial charge >= 0.3 is 0 Å². The van der Waals surface area contributed by atoms with E-state index in [-0.39, 0.29) is 25.0 Å². The van der Waals surface area contributed by atoms with Gasteiger partial charge in [-0.25, -0.2) is 0 Å². The first-order valence-electron chi connectivity index (χ1n) is 15.9. The monoisotopic (exact) mass is 642 g/mol. The summed E-state index contributed by atoms with van der Waals surface area (Å²) < 4.78 is 1.73. The van der Waals surface area contributed by atoms with Gasteiger partial charge in [0.1, 0.15) is 0 Å². The van der Waals surface area contributed by atoms with E-state index in [9.17, 15) is 19.8 Å². The molecule has 0 fully saturated rings. The predicted molar refractivity (Wildman–Crippen MR) is 185 cm³/mol. The van der Waals surface area contributed by atoms with Crippen molar-refractivity contribution in [2.45, 2.75) is 38.0 Å². The van der Waals surface area contributed by atoms with Crippen LogP contribution in [-0.2, 0) is 23.5 Å². The highest BCUT2D eigenvalue weighted by molar-refractivity contribution is 6.07. The first-order chi connectivity index (χ1) is 23.3. The lowest BCUT2D eigenvalue weighted by molar-refractivity contribution is -0.139. The molecule has 1 aromatic heterocycles.